The van der Waals surface area contributed by atoms with E-state index in [4.69, 9.17) is 16.3 Å². The van der Waals surface area contributed by atoms with Crippen LogP contribution in [0.15, 0.2) is 18.2 Å². The highest BCUT2D eigenvalue weighted by molar-refractivity contribution is 6.30. The molecule has 1 N–H and O–H groups in total. The molecule has 0 spiro atoms. The third kappa shape index (κ3) is 5.21. The fourth-order valence-corrected chi connectivity index (χ4v) is 2.67. The number of carbonyl (C=O) groups excluding carboxylic acids is 1. The van der Waals surface area contributed by atoms with Crippen LogP contribution in [0.1, 0.15) is 18.4 Å². The molecular formula is C15H19ClF2N2O3. The predicted octanol–water partition coefficient (Wildman–Crippen LogP) is 3.26. The fraction of sp³-hybridized carbons (Fsp3) is 0.533. The molecule has 0 bridgehead atoms. The number of methoxy groups -OCH3 is 1. The maximum absolute atomic E-state index is 12.4. The number of benzene rings is 1. The number of rotatable bonds is 5. The number of nitrogens with zero attached hydrogens (tertiary/aromatic N) is 1. The van der Waals surface area contributed by atoms with Gasteiger partial charge in [0.15, 0.2) is 0 Å². The Kier molecular flexibility index (Phi) is 6.41. The largest absolute Gasteiger partial charge is 0.434 e. The zero-order chi connectivity index (χ0) is 16.8. The molecule has 8 heteroatoms. The van der Waals surface area contributed by atoms with Crippen LogP contribution in [0.5, 0.6) is 5.75 Å². The lowest BCUT2D eigenvalue weighted by molar-refractivity contribution is -0.0504. The van der Waals surface area contributed by atoms with E-state index in [1.165, 1.54) is 18.2 Å². The fourth-order valence-electron chi connectivity index (χ4n) is 2.47. The molecule has 0 aliphatic carbocycles. The van der Waals surface area contributed by atoms with Crippen molar-refractivity contribution in [3.05, 3.63) is 28.8 Å². The summed E-state index contributed by atoms with van der Waals surface area (Å²) >= 11 is 5.87. The Hall–Kier alpha value is -1.60. The molecule has 1 fully saturated rings. The molecule has 23 heavy (non-hydrogen) atoms. The normalized spacial score (nSPS) is 15.8. The molecule has 0 unspecified atom stereocenters. The lowest BCUT2D eigenvalue weighted by Gasteiger charge is -2.31. The first kappa shape index (κ1) is 17.7. The zero-order valence-corrected chi connectivity index (χ0v) is 13.5. The molecule has 0 atom stereocenters. The molecule has 0 saturated carbocycles. The molecule has 5 nitrogen and oxygen atoms in total. The average Bonchev–Trinajstić information content (AvgIpc) is 2.54. The second-order valence-corrected chi connectivity index (χ2v) is 5.65. The van der Waals surface area contributed by atoms with Gasteiger partial charge in [0.2, 0.25) is 0 Å². The van der Waals surface area contributed by atoms with Gasteiger partial charge in [-0.15, -0.1) is 0 Å². The van der Waals surface area contributed by atoms with Crippen molar-refractivity contribution >= 4 is 17.6 Å². The molecule has 0 radical (unpaired) electrons. The molecule has 1 aromatic carbocycles. The van der Waals surface area contributed by atoms with Gasteiger partial charge in [-0.25, -0.2) is 4.79 Å². The van der Waals surface area contributed by atoms with Gasteiger partial charge >= 0.3 is 12.6 Å². The van der Waals surface area contributed by atoms with E-state index >= 15 is 0 Å². The molecule has 1 aliphatic rings. The highest BCUT2D eigenvalue weighted by Crippen LogP contribution is 2.24. The molecule has 2 rings (SSSR count). The van der Waals surface area contributed by atoms with Gasteiger partial charge in [0, 0.05) is 37.3 Å². The van der Waals surface area contributed by atoms with Crippen molar-refractivity contribution < 1.29 is 23.0 Å². The molecule has 1 saturated heterocycles. The summed E-state index contributed by atoms with van der Waals surface area (Å²) in [4.78, 5) is 13.8. The van der Waals surface area contributed by atoms with Crippen molar-refractivity contribution in [2.75, 3.05) is 20.2 Å². The SMILES string of the molecule is COC1CCN(C(=O)NCc2cc(Cl)ccc2OC(F)F)CC1. The van der Waals surface area contributed by atoms with E-state index in [0.29, 0.717) is 23.7 Å². The molecule has 2 amide bonds. The summed E-state index contributed by atoms with van der Waals surface area (Å²) in [6.45, 7) is -1.68. The Balaban J connectivity index is 1.92. The molecule has 1 heterocycles. The number of likely N-dealkylation sites (tertiary alicyclic amines) is 1. The summed E-state index contributed by atoms with van der Waals surface area (Å²) in [6.07, 6.45) is 1.74. The van der Waals surface area contributed by atoms with Crippen LogP contribution >= 0.6 is 11.6 Å². The maximum Gasteiger partial charge on any atom is 0.387 e. The van der Waals surface area contributed by atoms with E-state index in [0.717, 1.165) is 12.8 Å². The summed E-state index contributed by atoms with van der Waals surface area (Å²) in [6, 6.07) is 4.07. The van der Waals surface area contributed by atoms with Crippen LogP contribution in [0, 0.1) is 0 Å². The summed E-state index contributed by atoms with van der Waals surface area (Å²) in [5.74, 6) is 0.00258. The topological polar surface area (TPSA) is 50.8 Å². The van der Waals surface area contributed by atoms with E-state index < -0.39 is 6.61 Å². The number of nitrogens with one attached hydrogen (secondary N) is 1. The monoisotopic (exact) mass is 348 g/mol. The van der Waals surface area contributed by atoms with E-state index in [9.17, 15) is 13.6 Å². The lowest BCUT2D eigenvalue weighted by Crippen LogP contribution is -2.45. The van der Waals surface area contributed by atoms with Gasteiger partial charge in [-0.05, 0) is 31.0 Å². The van der Waals surface area contributed by atoms with Gasteiger partial charge in [0.1, 0.15) is 5.75 Å². The number of piperidine rings is 1. The smallest absolute Gasteiger partial charge is 0.387 e. The summed E-state index contributed by atoms with van der Waals surface area (Å²) in [5, 5.41) is 3.09. The standard InChI is InChI=1S/C15H19ClF2N2O3/c1-22-12-4-6-20(7-5-12)15(21)19-9-10-8-11(16)2-3-13(10)23-14(17)18/h2-3,8,12,14H,4-7,9H2,1H3,(H,19,21). The number of ether oxygens (including phenoxy) is 2. The number of carbonyl (C=O) groups is 1. The Morgan fingerprint density at radius 3 is 2.74 bits per heavy atom. The first-order valence-corrected chi connectivity index (χ1v) is 7.66. The summed E-state index contributed by atoms with van der Waals surface area (Å²) in [5.41, 5.74) is 0.401. The average molecular weight is 349 g/mol. The summed E-state index contributed by atoms with van der Waals surface area (Å²) in [7, 11) is 1.66. The minimum atomic E-state index is -2.93. The highest BCUT2D eigenvalue weighted by atomic mass is 35.5. The van der Waals surface area contributed by atoms with Gasteiger partial charge in [-0.3, -0.25) is 0 Å². The maximum atomic E-state index is 12.4. The Bertz CT molecular complexity index is 537. The van der Waals surface area contributed by atoms with Gasteiger partial charge in [-0.2, -0.15) is 8.78 Å². The summed E-state index contributed by atoms with van der Waals surface area (Å²) < 4.78 is 34.5. The number of amides is 2. The number of halogens is 3. The molecule has 1 aliphatic heterocycles. The van der Waals surface area contributed by atoms with Crippen LogP contribution < -0.4 is 10.1 Å². The van der Waals surface area contributed by atoms with E-state index in [1.54, 1.807) is 12.0 Å². The minimum absolute atomic E-state index is 0.00258. The highest BCUT2D eigenvalue weighted by Gasteiger charge is 2.22. The predicted molar refractivity (Wildman–Crippen MR) is 81.9 cm³/mol. The zero-order valence-electron chi connectivity index (χ0n) is 12.7. The van der Waals surface area contributed by atoms with E-state index in [2.05, 4.69) is 10.1 Å². The van der Waals surface area contributed by atoms with Gasteiger partial charge in [0.25, 0.3) is 0 Å². The number of alkyl halides is 2. The second kappa shape index (κ2) is 8.31. The number of hydrogen-bond acceptors (Lipinski definition) is 3. The van der Waals surface area contributed by atoms with Crippen molar-refractivity contribution in [2.45, 2.75) is 32.1 Å². The third-order valence-corrected chi connectivity index (χ3v) is 3.97. The number of hydrogen-bond donors (Lipinski definition) is 1. The Labute approximate surface area is 138 Å². The van der Waals surface area contributed by atoms with Crippen LogP contribution in [-0.4, -0.2) is 43.8 Å². The minimum Gasteiger partial charge on any atom is -0.434 e. The molecule has 1 aromatic rings. The van der Waals surface area contributed by atoms with Crippen molar-refractivity contribution in [1.82, 2.24) is 10.2 Å². The Morgan fingerprint density at radius 1 is 1.43 bits per heavy atom. The molecular weight excluding hydrogens is 330 g/mol. The van der Waals surface area contributed by atoms with Gasteiger partial charge < -0.3 is 19.7 Å². The second-order valence-electron chi connectivity index (χ2n) is 5.21. The van der Waals surface area contributed by atoms with Gasteiger partial charge in [0.05, 0.1) is 6.10 Å². The van der Waals surface area contributed by atoms with Crippen molar-refractivity contribution in [1.29, 1.82) is 0 Å². The number of urea groups is 1. The first-order chi connectivity index (χ1) is 11.0. The van der Waals surface area contributed by atoms with E-state index in [1.807, 2.05) is 0 Å². The Morgan fingerprint density at radius 2 is 2.13 bits per heavy atom. The van der Waals surface area contributed by atoms with Crippen LogP contribution in [0.2, 0.25) is 5.02 Å². The van der Waals surface area contributed by atoms with E-state index in [-0.39, 0.29) is 24.4 Å². The van der Waals surface area contributed by atoms with Crippen LogP contribution in [0.4, 0.5) is 13.6 Å². The molecule has 128 valence electrons. The lowest BCUT2D eigenvalue weighted by atomic mass is 10.1. The van der Waals surface area contributed by atoms with Crippen LogP contribution in [0.3, 0.4) is 0 Å². The van der Waals surface area contributed by atoms with Crippen LogP contribution in [-0.2, 0) is 11.3 Å². The van der Waals surface area contributed by atoms with Gasteiger partial charge in [-0.1, -0.05) is 11.6 Å². The molecule has 0 aromatic heterocycles. The van der Waals surface area contributed by atoms with Crippen molar-refractivity contribution in [3.8, 4) is 5.75 Å². The van der Waals surface area contributed by atoms with Crippen molar-refractivity contribution in [3.63, 3.8) is 0 Å². The van der Waals surface area contributed by atoms with Crippen molar-refractivity contribution in [2.24, 2.45) is 0 Å². The third-order valence-electron chi connectivity index (χ3n) is 3.73. The van der Waals surface area contributed by atoms with Crippen LogP contribution in [0.25, 0.3) is 0 Å². The quantitative estimate of drug-likeness (QED) is 0.888. The first-order valence-electron chi connectivity index (χ1n) is 7.28.